The largest absolute Gasteiger partial charge is 0.496 e. The molecule has 6 rings (SSSR count). The zero-order chi connectivity index (χ0) is 29.9. The van der Waals surface area contributed by atoms with Crippen LogP contribution >= 0.6 is 0 Å². The number of hydrogen-bond donors (Lipinski definition) is 2. The van der Waals surface area contributed by atoms with Crippen LogP contribution in [0.4, 0.5) is 16.0 Å². The topological polar surface area (TPSA) is 141 Å². The molecule has 11 nitrogen and oxygen atoms in total. The molecule has 2 aromatic carbocycles. The van der Waals surface area contributed by atoms with Crippen molar-refractivity contribution in [2.45, 2.75) is 19.4 Å². The summed E-state index contributed by atoms with van der Waals surface area (Å²) in [5.74, 6) is 0.590. The highest BCUT2D eigenvalue weighted by Gasteiger charge is 2.21. The van der Waals surface area contributed by atoms with Crippen LogP contribution in [0, 0.1) is 11.7 Å². The molecule has 12 heteroatoms. The van der Waals surface area contributed by atoms with Crippen LogP contribution in [0.15, 0.2) is 67.1 Å². The zero-order valence-electron chi connectivity index (χ0n) is 23.4. The minimum absolute atomic E-state index is 0.117. The van der Waals surface area contributed by atoms with E-state index in [1.165, 1.54) is 25.6 Å². The summed E-state index contributed by atoms with van der Waals surface area (Å²) in [6.07, 6.45) is 5.83. The van der Waals surface area contributed by atoms with Gasteiger partial charge in [-0.15, -0.1) is 0 Å². The number of anilines is 2. The molecular weight excluding hydrogens is 551 g/mol. The Morgan fingerprint density at radius 2 is 1.88 bits per heavy atom. The maximum atomic E-state index is 13.7. The van der Waals surface area contributed by atoms with Crippen molar-refractivity contribution in [3.8, 4) is 22.7 Å². The fraction of sp³-hybridized carbons (Fsp3) is 0.226. The second-order valence-corrected chi connectivity index (χ2v) is 10.3. The number of piperidine rings is 1. The van der Waals surface area contributed by atoms with Crippen LogP contribution in [0.2, 0.25) is 0 Å². The molecule has 4 heterocycles. The Labute approximate surface area is 246 Å². The van der Waals surface area contributed by atoms with Gasteiger partial charge in [0.2, 0.25) is 0 Å². The van der Waals surface area contributed by atoms with Gasteiger partial charge in [-0.25, -0.2) is 24.0 Å². The molecule has 0 spiro atoms. The molecule has 0 bridgehead atoms. The monoisotopic (exact) mass is 580 g/mol. The van der Waals surface area contributed by atoms with Crippen molar-refractivity contribution in [2.24, 2.45) is 5.92 Å². The molecule has 3 N–H and O–H groups in total. The first-order valence-corrected chi connectivity index (χ1v) is 13.8. The molecule has 1 aliphatic heterocycles. The van der Waals surface area contributed by atoms with Gasteiger partial charge >= 0.3 is 0 Å². The van der Waals surface area contributed by atoms with E-state index < -0.39 is 11.7 Å². The van der Waals surface area contributed by atoms with Crippen LogP contribution in [-0.4, -0.2) is 57.1 Å². The molecular formula is C31H29FN8O3. The van der Waals surface area contributed by atoms with Gasteiger partial charge in [-0.3, -0.25) is 4.79 Å². The smallest absolute Gasteiger partial charge is 0.255 e. The lowest BCUT2D eigenvalue weighted by Gasteiger charge is -2.30. The van der Waals surface area contributed by atoms with Crippen LogP contribution < -0.4 is 20.7 Å². The summed E-state index contributed by atoms with van der Waals surface area (Å²) in [5.41, 5.74) is 9.90. The van der Waals surface area contributed by atoms with Crippen molar-refractivity contribution in [1.82, 2.24) is 30.0 Å². The molecule has 0 radical (unpaired) electrons. The SMILES string of the molecule is COc1ccc(F)cc1C(=O)NCc1ccc(-c2nn(-c3ccc(N4CCC(C=O)CC4)nc3)c3ncnc(N)c23)cc1. The number of aldehydes is 1. The number of nitrogens with two attached hydrogens (primary N) is 1. The third-order valence-electron chi connectivity index (χ3n) is 7.61. The van der Waals surface area contributed by atoms with Gasteiger partial charge in [0.05, 0.1) is 29.9 Å². The minimum Gasteiger partial charge on any atom is -0.496 e. The molecule has 218 valence electrons. The average molecular weight is 581 g/mol. The van der Waals surface area contributed by atoms with Gasteiger partial charge in [0, 0.05) is 31.1 Å². The number of pyridine rings is 1. The summed E-state index contributed by atoms with van der Waals surface area (Å²) in [7, 11) is 1.43. The third-order valence-corrected chi connectivity index (χ3v) is 7.61. The van der Waals surface area contributed by atoms with E-state index in [9.17, 15) is 14.0 Å². The number of nitrogens with zero attached hydrogens (tertiary/aromatic N) is 6. The summed E-state index contributed by atoms with van der Waals surface area (Å²) in [5, 5.41) is 8.26. The molecule has 0 saturated carbocycles. The molecule has 0 unspecified atom stereocenters. The van der Waals surface area contributed by atoms with Crippen LogP contribution in [0.5, 0.6) is 5.75 Å². The highest BCUT2D eigenvalue weighted by Crippen LogP contribution is 2.32. The van der Waals surface area contributed by atoms with E-state index >= 15 is 0 Å². The molecule has 0 atom stereocenters. The number of methoxy groups -OCH3 is 1. The van der Waals surface area contributed by atoms with E-state index in [0.29, 0.717) is 34.0 Å². The maximum Gasteiger partial charge on any atom is 0.255 e. The number of rotatable bonds is 8. The van der Waals surface area contributed by atoms with Crippen LogP contribution in [-0.2, 0) is 11.3 Å². The average Bonchev–Trinajstić information content (AvgIpc) is 3.45. The summed E-state index contributed by atoms with van der Waals surface area (Å²) in [6, 6.07) is 15.2. The van der Waals surface area contributed by atoms with Gasteiger partial charge < -0.3 is 25.5 Å². The number of carbonyl (C=O) groups excluding carboxylic acids is 2. The van der Waals surface area contributed by atoms with Crippen molar-refractivity contribution in [3.63, 3.8) is 0 Å². The first-order valence-electron chi connectivity index (χ1n) is 13.8. The van der Waals surface area contributed by atoms with Crippen molar-refractivity contribution < 1.29 is 18.7 Å². The van der Waals surface area contributed by atoms with Gasteiger partial charge in [-0.05, 0) is 48.7 Å². The standard InChI is InChI=1S/C31H29FN8O3/c1-43-25-8-6-22(32)14-24(25)31(42)35-15-19-2-4-21(5-3-19)28-27-29(33)36-18-37-30(27)40(38-28)23-7-9-26(34-16-23)39-12-10-20(17-41)11-13-39/h2-9,14,16-18,20H,10-13,15H2,1H3,(H,35,42)(H2,33,36,37). The fourth-order valence-electron chi connectivity index (χ4n) is 5.23. The number of nitrogen functional groups attached to an aromatic ring is 1. The van der Waals surface area contributed by atoms with E-state index in [-0.39, 0.29) is 18.0 Å². The lowest BCUT2D eigenvalue weighted by atomic mass is 9.99. The van der Waals surface area contributed by atoms with Gasteiger partial charge in [0.25, 0.3) is 5.91 Å². The van der Waals surface area contributed by atoms with Crippen LogP contribution in [0.3, 0.4) is 0 Å². The Hall–Kier alpha value is -5.39. The van der Waals surface area contributed by atoms with Gasteiger partial charge in [-0.1, -0.05) is 24.3 Å². The maximum absolute atomic E-state index is 13.7. The number of ether oxygens (including phenoxy) is 1. The molecule has 43 heavy (non-hydrogen) atoms. The third kappa shape index (κ3) is 5.59. The molecule has 5 aromatic rings. The number of aromatic nitrogens is 5. The molecule has 3 aromatic heterocycles. The molecule has 1 amide bonds. The Morgan fingerprint density at radius 3 is 2.58 bits per heavy atom. The zero-order valence-corrected chi connectivity index (χ0v) is 23.4. The lowest BCUT2D eigenvalue weighted by molar-refractivity contribution is -0.111. The van der Waals surface area contributed by atoms with E-state index in [4.69, 9.17) is 15.6 Å². The van der Waals surface area contributed by atoms with Crippen molar-refractivity contribution in [3.05, 3.63) is 84.1 Å². The Morgan fingerprint density at radius 1 is 1.09 bits per heavy atom. The summed E-state index contributed by atoms with van der Waals surface area (Å²) in [6.45, 7) is 1.80. The lowest BCUT2D eigenvalue weighted by Crippen LogP contribution is -2.34. The van der Waals surface area contributed by atoms with Gasteiger partial charge in [0.1, 0.15) is 41.5 Å². The van der Waals surface area contributed by atoms with Crippen molar-refractivity contribution in [1.29, 1.82) is 0 Å². The van der Waals surface area contributed by atoms with E-state index in [1.54, 1.807) is 10.9 Å². The molecule has 0 aliphatic carbocycles. The number of amides is 1. The van der Waals surface area contributed by atoms with E-state index in [2.05, 4.69) is 25.2 Å². The molecule has 1 fully saturated rings. The predicted octanol–water partition coefficient (Wildman–Crippen LogP) is 3.95. The quantitative estimate of drug-likeness (QED) is 0.261. The van der Waals surface area contributed by atoms with Crippen LogP contribution in [0.25, 0.3) is 28.0 Å². The molecule has 1 aliphatic rings. The number of halogens is 1. The fourth-order valence-corrected chi connectivity index (χ4v) is 5.23. The van der Waals surface area contributed by atoms with Gasteiger partial charge in [0.15, 0.2) is 5.65 Å². The number of hydrogen-bond acceptors (Lipinski definition) is 9. The second kappa shape index (κ2) is 11.8. The Kier molecular flexibility index (Phi) is 7.65. The first-order chi connectivity index (χ1) is 20.9. The highest BCUT2D eigenvalue weighted by molar-refractivity contribution is 5.99. The predicted molar refractivity (Wildman–Crippen MR) is 159 cm³/mol. The highest BCUT2D eigenvalue weighted by atomic mass is 19.1. The number of fused-ring (bicyclic) bond motifs is 1. The van der Waals surface area contributed by atoms with E-state index in [1.807, 2.05) is 36.4 Å². The Bertz CT molecular complexity index is 1780. The first kappa shape index (κ1) is 27.8. The Balaban J connectivity index is 1.23. The van der Waals surface area contributed by atoms with E-state index in [0.717, 1.165) is 55.2 Å². The summed E-state index contributed by atoms with van der Waals surface area (Å²) in [4.78, 5) is 39.3. The van der Waals surface area contributed by atoms with Crippen LogP contribution in [0.1, 0.15) is 28.8 Å². The number of nitrogens with one attached hydrogen (secondary N) is 1. The minimum atomic E-state index is -0.521. The van der Waals surface area contributed by atoms with Crippen molar-refractivity contribution in [2.75, 3.05) is 30.8 Å². The summed E-state index contributed by atoms with van der Waals surface area (Å²) >= 11 is 0. The number of carbonyl (C=O) groups is 2. The molecule has 1 saturated heterocycles. The number of benzene rings is 2. The van der Waals surface area contributed by atoms with Gasteiger partial charge in [-0.2, -0.15) is 5.10 Å². The van der Waals surface area contributed by atoms with Crippen molar-refractivity contribution >= 4 is 34.9 Å². The second-order valence-electron chi connectivity index (χ2n) is 10.3. The summed E-state index contributed by atoms with van der Waals surface area (Å²) < 4.78 is 20.6. The normalized spacial score (nSPS) is 13.7.